The normalized spacial score (nSPS) is 22.9. The highest BCUT2D eigenvalue weighted by molar-refractivity contribution is 5.82. The van der Waals surface area contributed by atoms with Gasteiger partial charge < -0.3 is 9.47 Å². The fourth-order valence-corrected chi connectivity index (χ4v) is 2.19. The summed E-state index contributed by atoms with van der Waals surface area (Å²) in [5, 5.41) is 0. The van der Waals surface area contributed by atoms with Crippen LogP contribution in [0.4, 0.5) is 18.0 Å². The number of amides is 1. The van der Waals surface area contributed by atoms with Crippen LogP contribution in [-0.2, 0) is 14.3 Å². The molecule has 134 valence electrons. The Morgan fingerprint density at radius 3 is 1.83 bits per heavy atom. The van der Waals surface area contributed by atoms with Gasteiger partial charge in [-0.3, -0.25) is 4.90 Å². The number of likely N-dealkylation sites (tertiary alicyclic amines) is 1. The smallest absolute Gasteiger partial charge is 0.411 e. The predicted octanol–water partition coefficient (Wildman–Crippen LogP) is 3.52. The van der Waals surface area contributed by atoms with Crippen molar-refractivity contribution in [1.82, 2.24) is 4.90 Å². The Hall–Kier alpha value is -1.47. The second kappa shape index (κ2) is 6.20. The van der Waals surface area contributed by atoms with Gasteiger partial charge in [0.1, 0.15) is 17.2 Å². The third-order valence-corrected chi connectivity index (χ3v) is 3.07. The number of esters is 1. The van der Waals surface area contributed by atoms with Crippen LogP contribution in [-0.4, -0.2) is 46.9 Å². The van der Waals surface area contributed by atoms with Gasteiger partial charge in [0.05, 0.1) is 5.92 Å². The summed E-state index contributed by atoms with van der Waals surface area (Å²) < 4.78 is 49.2. The first-order chi connectivity index (χ1) is 10.1. The second-order valence-corrected chi connectivity index (χ2v) is 7.66. The topological polar surface area (TPSA) is 55.8 Å². The molecule has 2 atom stereocenters. The minimum absolute atomic E-state index is 0.516. The Morgan fingerprint density at radius 1 is 0.957 bits per heavy atom. The standard InChI is InChI=1S/C15H24F3NO4/c1-13(2,3)22-11(20)10-7-9(15(16,17)18)8-19(10)12(21)23-14(4,5)6/h9-10H,7-8H2,1-6H3/t9-,10-/m0/s1. The first kappa shape index (κ1) is 19.6. The van der Waals surface area contributed by atoms with Gasteiger partial charge in [-0.1, -0.05) is 0 Å². The minimum atomic E-state index is -4.49. The monoisotopic (exact) mass is 339 g/mol. The third-order valence-electron chi connectivity index (χ3n) is 3.07. The summed E-state index contributed by atoms with van der Waals surface area (Å²) in [5.41, 5.74) is -1.72. The van der Waals surface area contributed by atoms with Gasteiger partial charge >= 0.3 is 18.2 Å². The molecule has 0 aromatic carbocycles. The number of hydrogen-bond acceptors (Lipinski definition) is 4. The molecule has 1 saturated heterocycles. The Labute approximate surface area is 134 Å². The van der Waals surface area contributed by atoms with Crippen LogP contribution in [0.5, 0.6) is 0 Å². The summed E-state index contributed by atoms with van der Waals surface area (Å²) in [6.07, 6.45) is -5.95. The lowest BCUT2D eigenvalue weighted by molar-refractivity contribution is -0.171. The van der Waals surface area contributed by atoms with Crippen molar-refractivity contribution in [3.8, 4) is 0 Å². The molecule has 0 aliphatic carbocycles. The molecular formula is C15H24F3NO4. The van der Waals surface area contributed by atoms with Crippen molar-refractivity contribution in [3.05, 3.63) is 0 Å². The summed E-state index contributed by atoms with van der Waals surface area (Å²) in [4.78, 5) is 25.1. The quantitative estimate of drug-likeness (QED) is 0.686. The molecule has 8 heteroatoms. The van der Waals surface area contributed by atoms with E-state index in [1.54, 1.807) is 41.5 Å². The number of hydrogen-bond donors (Lipinski definition) is 0. The number of nitrogens with zero attached hydrogens (tertiary/aromatic N) is 1. The molecule has 1 rings (SSSR count). The molecule has 0 aromatic rings. The van der Waals surface area contributed by atoms with Crippen LogP contribution in [0.15, 0.2) is 0 Å². The van der Waals surface area contributed by atoms with Gasteiger partial charge in [0.15, 0.2) is 0 Å². The number of carbonyl (C=O) groups excluding carboxylic acids is 2. The van der Waals surface area contributed by atoms with Crippen molar-refractivity contribution >= 4 is 12.1 Å². The average molecular weight is 339 g/mol. The van der Waals surface area contributed by atoms with Crippen LogP contribution in [0.3, 0.4) is 0 Å². The fraction of sp³-hybridized carbons (Fsp3) is 0.867. The Bertz CT molecular complexity index is 427. The molecule has 0 N–H and O–H groups in total. The van der Waals surface area contributed by atoms with E-state index in [1.165, 1.54) is 0 Å². The number of alkyl halides is 3. The molecule has 0 saturated carbocycles. The molecule has 1 amide bonds. The highest BCUT2D eigenvalue weighted by Crippen LogP contribution is 2.38. The summed E-state index contributed by atoms with van der Waals surface area (Å²) in [6.45, 7) is 9.03. The van der Waals surface area contributed by atoms with Gasteiger partial charge in [0.2, 0.25) is 0 Å². The number of halogens is 3. The molecule has 0 spiro atoms. The molecule has 0 aromatic heterocycles. The number of rotatable bonds is 1. The summed E-state index contributed by atoms with van der Waals surface area (Å²) in [6, 6.07) is -1.30. The van der Waals surface area contributed by atoms with Gasteiger partial charge in [-0.05, 0) is 48.0 Å². The van der Waals surface area contributed by atoms with Crippen molar-refractivity contribution in [3.63, 3.8) is 0 Å². The van der Waals surface area contributed by atoms with E-state index in [0.29, 0.717) is 0 Å². The van der Waals surface area contributed by atoms with Crippen LogP contribution in [0.25, 0.3) is 0 Å². The van der Waals surface area contributed by atoms with E-state index >= 15 is 0 Å². The van der Waals surface area contributed by atoms with E-state index in [4.69, 9.17) is 9.47 Å². The molecule has 1 heterocycles. The highest BCUT2D eigenvalue weighted by atomic mass is 19.4. The van der Waals surface area contributed by atoms with Crippen molar-refractivity contribution < 1.29 is 32.2 Å². The fourth-order valence-electron chi connectivity index (χ4n) is 2.19. The maximum absolute atomic E-state index is 13.0. The lowest BCUT2D eigenvalue weighted by Crippen LogP contribution is -2.45. The Balaban J connectivity index is 2.98. The molecule has 23 heavy (non-hydrogen) atoms. The number of carbonyl (C=O) groups is 2. The van der Waals surface area contributed by atoms with Crippen molar-refractivity contribution in [2.24, 2.45) is 5.92 Å². The largest absolute Gasteiger partial charge is 0.458 e. The molecule has 5 nitrogen and oxygen atoms in total. The minimum Gasteiger partial charge on any atom is -0.458 e. The van der Waals surface area contributed by atoms with Gasteiger partial charge in [-0.15, -0.1) is 0 Å². The zero-order valence-electron chi connectivity index (χ0n) is 14.3. The van der Waals surface area contributed by atoms with Crippen LogP contribution < -0.4 is 0 Å². The summed E-state index contributed by atoms with van der Waals surface area (Å²) >= 11 is 0. The molecule has 1 aliphatic heterocycles. The third kappa shape index (κ3) is 5.91. The van der Waals surface area contributed by atoms with Gasteiger partial charge in [0.25, 0.3) is 0 Å². The lowest BCUT2D eigenvalue weighted by atomic mass is 10.1. The highest BCUT2D eigenvalue weighted by Gasteiger charge is 2.52. The van der Waals surface area contributed by atoms with Crippen molar-refractivity contribution in [1.29, 1.82) is 0 Å². The van der Waals surface area contributed by atoms with Crippen molar-refractivity contribution in [2.45, 2.75) is 71.4 Å². The van der Waals surface area contributed by atoms with Crippen LogP contribution in [0, 0.1) is 5.92 Å². The molecule has 0 unspecified atom stereocenters. The van der Waals surface area contributed by atoms with E-state index in [-0.39, 0.29) is 0 Å². The summed E-state index contributed by atoms with van der Waals surface area (Å²) in [5.74, 6) is -2.62. The average Bonchev–Trinajstić information content (AvgIpc) is 2.67. The predicted molar refractivity (Wildman–Crippen MR) is 76.7 cm³/mol. The Morgan fingerprint density at radius 2 is 1.43 bits per heavy atom. The van der Waals surface area contributed by atoms with Gasteiger partial charge in [-0.25, -0.2) is 9.59 Å². The second-order valence-electron chi connectivity index (χ2n) is 7.66. The zero-order valence-corrected chi connectivity index (χ0v) is 14.3. The number of ether oxygens (including phenoxy) is 2. The van der Waals surface area contributed by atoms with Crippen molar-refractivity contribution in [2.75, 3.05) is 6.54 Å². The molecule has 0 bridgehead atoms. The van der Waals surface area contributed by atoms with E-state index < -0.39 is 54.4 Å². The van der Waals surface area contributed by atoms with Crippen LogP contribution in [0.1, 0.15) is 48.0 Å². The zero-order chi connectivity index (χ0) is 18.2. The lowest BCUT2D eigenvalue weighted by Gasteiger charge is -2.29. The van der Waals surface area contributed by atoms with E-state index in [1.807, 2.05) is 0 Å². The molecule has 1 fully saturated rings. The SMILES string of the molecule is CC(C)(C)OC(=O)[C@@H]1C[C@H](C(F)(F)F)CN1C(=O)OC(C)(C)C. The Kier molecular flexibility index (Phi) is 5.28. The van der Waals surface area contributed by atoms with E-state index in [9.17, 15) is 22.8 Å². The maximum atomic E-state index is 13.0. The first-order valence-corrected chi connectivity index (χ1v) is 7.39. The van der Waals surface area contributed by atoms with Crippen LogP contribution in [0.2, 0.25) is 0 Å². The maximum Gasteiger partial charge on any atom is 0.411 e. The first-order valence-electron chi connectivity index (χ1n) is 7.39. The molecule has 0 radical (unpaired) electrons. The van der Waals surface area contributed by atoms with Gasteiger partial charge in [0, 0.05) is 6.54 Å². The van der Waals surface area contributed by atoms with E-state index in [2.05, 4.69) is 0 Å². The molecule has 1 aliphatic rings. The van der Waals surface area contributed by atoms with Crippen LogP contribution >= 0.6 is 0 Å². The van der Waals surface area contributed by atoms with Gasteiger partial charge in [-0.2, -0.15) is 13.2 Å². The summed E-state index contributed by atoms with van der Waals surface area (Å²) in [7, 11) is 0. The molecular weight excluding hydrogens is 315 g/mol. The van der Waals surface area contributed by atoms with E-state index in [0.717, 1.165) is 4.90 Å².